The summed E-state index contributed by atoms with van der Waals surface area (Å²) < 4.78 is 7.93. The molecule has 2 saturated heterocycles. The van der Waals surface area contributed by atoms with E-state index < -0.39 is 0 Å². The summed E-state index contributed by atoms with van der Waals surface area (Å²) in [5, 5.41) is 9.65. The van der Waals surface area contributed by atoms with Crippen molar-refractivity contribution in [3.63, 3.8) is 0 Å². The molecule has 0 bridgehead atoms. The van der Waals surface area contributed by atoms with Crippen molar-refractivity contribution in [2.24, 2.45) is 0 Å². The number of anilines is 2. The zero-order valence-corrected chi connectivity index (χ0v) is 22.6. The molecule has 37 heavy (non-hydrogen) atoms. The van der Waals surface area contributed by atoms with Crippen molar-refractivity contribution in [2.75, 3.05) is 50.1 Å². The molecule has 2 aliphatic heterocycles. The molecule has 1 aromatic carbocycles. The molecule has 5 heterocycles. The van der Waals surface area contributed by atoms with Crippen molar-refractivity contribution in [1.82, 2.24) is 29.5 Å². The highest BCUT2D eigenvalue weighted by Crippen LogP contribution is 2.33. The third-order valence-corrected chi connectivity index (χ3v) is 7.84. The minimum atomic E-state index is 0.113. The number of halogens is 1. The third kappa shape index (κ3) is 4.60. The first kappa shape index (κ1) is 24.3. The van der Waals surface area contributed by atoms with E-state index in [0.717, 1.165) is 78.1 Å². The molecule has 9 nitrogen and oxygen atoms in total. The lowest BCUT2D eigenvalue weighted by Gasteiger charge is -2.36. The minimum Gasteiger partial charge on any atom is -0.372 e. The minimum absolute atomic E-state index is 0.113. The first-order chi connectivity index (χ1) is 17.9. The highest BCUT2D eigenvalue weighted by Gasteiger charge is 2.27. The number of rotatable bonds is 4. The summed E-state index contributed by atoms with van der Waals surface area (Å²) >= 11 is 6.83. The molecule has 0 unspecified atom stereocenters. The van der Waals surface area contributed by atoms with Crippen molar-refractivity contribution >= 4 is 40.0 Å². The molecule has 0 N–H and O–H groups in total. The van der Waals surface area contributed by atoms with E-state index in [-0.39, 0.29) is 12.2 Å². The second kappa shape index (κ2) is 9.70. The van der Waals surface area contributed by atoms with E-state index in [1.807, 2.05) is 22.6 Å². The number of hydrogen-bond acceptors (Lipinski definition) is 8. The first-order valence-electron chi connectivity index (χ1n) is 13.0. The van der Waals surface area contributed by atoms with Gasteiger partial charge in [0.05, 0.1) is 34.8 Å². The lowest BCUT2D eigenvalue weighted by Crippen LogP contribution is -2.46. The van der Waals surface area contributed by atoms with Crippen LogP contribution in [-0.4, -0.2) is 88.0 Å². The van der Waals surface area contributed by atoms with E-state index in [1.54, 1.807) is 6.20 Å². The molecule has 2 fully saturated rings. The van der Waals surface area contributed by atoms with Crippen molar-refractivity contribution in [3.8, 4) is 11.3 Å². The van der Waals surface area contributed by atoms with Crippen LogP contribution in [0.2, 0.25) is 5.02 Å². The number of ether oxygens (including phenoxy) is 1. The van der Waals surface area contributed by atoms with Gasteiger partial charge in [-0.3, -0.25) is 0 Å². The van der Waals surface area contributed by atoms with Crippen LogP contribution in [0.15, 0.2) is 36.5 Å². The fourth-order valence-corrected chi connectivity index (χ4v) is 5.96. The summed E-state index contributed by atoms with van der Waals surface area (Å²) in [6, 6.07) is 10.9. The van der Waals surface area contributed by atoms with Gasteiger partial charge in [0.25, 0.3) is 0 Å². The van der Waals surface area contributed by atoms with Gasteiger partial charge in [0, 0.05) is 37.8 Å². The Balaban J connectivity index is 1.34. The van der Waals surface area contributed by atoms with Crippen molar-refractivity contribution in [1.29, 1.82) is 0 Å². The number of aromatic nitrogens is 5. The Kier molecular flexibility index (Phi) is 6.38. The lowest BCUT2D eigenvalue weighted by molar-refractivity contribution is -0.00575. The van der Waals surface area contributed by atoms with Crippen LogP contribution in [0.5, 0.6) is 0 Å². The van der Waals surface area contributed by atoms with Gasteiger partial charge in [-0.05, 0) is 65.0 Å². The predicted octanol–water partition coefficient (Wildman–Crippen LogP) is 4.14. The van der Waals surface area contributed by atoms with E-state index in [4.69, 9.17) is 21.3 Å². The van der Waals surface area contributed by atoms with Gasteiger partial charge in [0.1, 0.15) is 5.52 Å². The fraction of sp³-hybridized carbons (Fsp3) is 0.481. The Morgan fingerprint density at radius 1 is 0.973 bits per heavy atom. The first-order valence-corrected chi connectivity index (χ1v) is 13.4. The van der Waals surface area contributed by atoms with Crippen LogP contribution in [0.4, 0.5) is 11.6 Å². The van der Waals surface area contributed by atoms with Crippen LogP contribution in [0.3, 0.4) is 0 Å². The Hall–Kier alpha value is -3.01. The normalized spacial score (nSPS) is 21.5. The molecule has 2 aliphatic rings. The molecular weight excluding hydrogens is 488 g/mol. The Morgan fingerprint density at radius 3 is 2.43 bits per heavy atom. The molecule has 6 rings (SSSR count). The maximum atomic E-state index is 6.83. The van der Waals surface area contributed by atoms with Crippen LogP contribution in [0, 0.1) is 0 Å². The van der Waals surface area contributed by atoms with Crippen molar-refractivity contribution in [3.05, 3.63) is 41.6 Å². The average molecular weight is 521 g/mol. The zero-order chi connectivity index (χ0) is 25.7. The van der Waals surface area contributed by atoms with Gasteiger partial charge >= 0.3 is 0 Å². The summed E-state index contributed by atoms with van der Waals surface area (Å²) in [7, 11) is 4.32. The predicted molar refractivity (Wildman–Crippen MR) is 148 cm³/mol. The van der Waals surface area contributed by atoms with Crippen molar-refractivity contribution in [2.45, 2.75) is 44.9 Å². The molecule has 0 saturated carbocycles. The number of morpholine rings is 1. The quantitative estimate of drug-likeness (QED) is 0.397. The summed E-state index contributed by atoms with van der Waals surface area (Å²) in [6.07, 6.45) is 4.26. The van der Waals surface area contributed by atoms with Gasteiger partial charge in [-0.1, -0.05) is 17.7 Å². The van der Waals surface area contributed by atoms with Crippen molar-refractivity contribution < 1.29 is 4.74 Å². The Labute approximate surface area is 222 Å². The second-order valence-electron chi connectivity index (χ2n) is 10.5. The SMILES string of the molecule is C[C@@H]1CN(c2nnc3cnc4ccc(-c5ccc(N6CCC(N(C)C)CC6)c(Cl)c5)nc4n23)C[C@H](C)O1. The van der Waals surface area contributed by atoms with E-state index in [2.05, 4.69) is 70.0 Å². The van der Waals surface area contributed by atoms with Gasteiger partial charge in [0.2, 0.25) is 5.95 Å². The summed E-state index contributed by atoms with van der Waals surface area (Å²) in [6.45, 7) is 7.68. The van der Waals surface area contributed by atoms with Gasteiger partial charge in [0.15, 0.2) is 11.3 Å². The number of pyridine rings is 1. The molecule has 0 amide bonds. The number of benzene rings is 1. The molecule has 4 aromatic rings. The third-order valence-electron chi connectivity index (χ3n) is 7.54. The van der Waals surface area contributed by atoms with Crippen LogP contribution < -0.4 is 9.80 Å². The van der Waals surface area contributed by atoms with E-state index in [0.29, 0.717) is 11.7 Å². The number of nitrogens with zero attached hydrogens (tertiary/aromatic N) is 8. The largest absolute Gasteiger partial charge is 0.372 e. The molecule has 2 atom stereocenters. The highest BCUT2D eigenvalue weighted by atomic mass is 35.5. The van der Waals surface area contributed by atoms with E-state index in [1.165, 1.54) is 0 Å². The molecule has 0 aliphatic carbocycles. The molecule has 10 heteroatoms. The molecule has 3 aromatic heterocycles. The molecule has 0 spiro atoms. The molecule has 194 valence electrons. The number of piperidine rings is 1. The van der Waals surface area contributed by atoms with Gasteiger partial charge in [-0.25, -0.2) is 14.4 Å². The maximum Gasteiger partial charge on any atom is 0.233 e. The van der Waals surface area contributed by atoms with E-state index in [9.17, 15) is 0 Å². The van der Waals surface area contributed by atoms with Crippen LogP contribution >= 0.6 is 11.6 Å². The van der Waals surface area contributed by atoms with Crippen LogP contribution in [0.25, 0.3) is 28.1 Å². The number of fused-ring (bicyclic) bond motifs is 3. The van der Waals surface area contributed by atoms with E-state index >= 15 is 0 Å². The molecule has 0 radical (unpaired) electrons. The second-order valence-corrected chi connectivity index (χ2v) is 10.9. The van der Waals surface area contributed by atoms with Gasteiger partial charge in [-0.15, -0.1) is 10.2 Å². The number of hydrogen-bond donors (Lipinski definition) is 0. The smallest absolute Gasteiger partial charge is 0.233 e. The van der Waals surface area contributed by atoms with Crippen LogP contribution in [0.1, 0.15) is 26.7 Å². The Bertz CT molecular complexity index is 1420. The standard InChI is InChI=1S/C27H33ClN8O/c1-17-15-35(16-18(2)37-17)27-32-31-25-14-29-23-7-6-22(30-26(23)36(25)27)19-5-8-24(21(28)13-19)34-11-9-20(10-12-34)33(3)4/h5-8,13-14,17-18,20H,9-12,15-16H2,1-4H3/t17-,18+. The fourth-order valence-electron chi connectivity index (χ4n) is 5.66. The van der Waals surface area contributed by atoms with Gasteiger partial charge < -0.3 is 19.4 Å². The summed E-state index contributed by atoms with van der Waals surface area (Å²) in [5.41, 5.74) is 5.09. The maximum absolute atomic E-state index is 6.83. The average Bonchev–Trinajstić information content (AvgIpc) is 3.33. The highest BCUT2D eigenvalue weighted by molar-refractivity contribution is 6.33. The monoisotopic (exact) mass is 520 g/mol. The van der Waals surface area contributed by atoms with Gasteiger partial charge in [-0.2, -0.15) is 0 Å². The zero-order valence-electron chi connectivity index (χ0n) is 21.8. The van der Waals surface area contributed by atoms with Crippen LogP contribution in [-0.2, 0) is 4.74 Å². The summed E-state index contributed by atoms with van der Waals surface area (Å²) in [5.74, 6) is 0.767. The summed E-state index contributed by atoms with van der Waals surface area (Å²) in [4.78, 5) is 16.5. The topological polar surface area (TPSA) is 74.9 Å². The lowest BCUT2D eigenvalue weighted by atomic mass is 10.0. The Morgan fingerprint density at radius 2 is 1.73 bits per heavy atom. The molecular formula is C27H33ClN8O.